The third-order valence-corrected chi connectivity index (χ3v) is 3.65. The summed E-state index contributed by atoms with van der Waals surface area (Å²) in [4.78, 5) is 48.1. The third kappa shape index (κ3) is 12.6. The lowest BCUT2D eigenvalue weighted by Gasteiger charge is -2.26. The van der Waals surface area contributed by atoms with E-state index in [1.165, 1.54) is 6.92 Å². The first-order chi connectivity index (χ1) is 12.1. The van der Waals surface area contributed by atoms with Crippen LogP contribution in [0.2, 0.25) is 0 Å². The lowest BCUT2D eigenvalue weighted by atomic mass is 10.1. The summed E-state index contributed by atoms with van der Waals surface area (Å²) in [6.45, 7) is 11.9. The summed E-state index contributed by atoms with van der Waals surface area (Å²) in [5.74, 6) is -1.95. The van der Waals surface area contributed by atoms with E-state index in [4.69, 9.17) is 9.47 Å². The molecule has 0 aromatic heterocycles. The second kappa shape index (κ2) is 10.8. The van der Waals surface area contributed by atoms with E-state index in [0.717, 1.165) is 0 Å². The molecule has 0 saturated carbocycles. The molecule has 0 aromatic carbocycles. The van der Waals surface area contributed by atoms with Crippen molar-refractivity contribution in [3.63, 3.8) is 0 Å². The van der Waals surface area contributed by atoms with Gasteiger partial charge in [0.05, 0.1) is 4.43 Å². The quantitative estimate of drug-likeness (QED) is 0.301. The number of alkyl halides is 1. The number of halogens is 1. The lowest BCUT2D eigenvalue weighted by Crippen LogP contribution is -2.51. The molecule has 156 valence electrons. The zero-order valence-corrected chi connectivity index (χ0v) is 19.3. The number of hydrogen-bond donors (Lipinski definition) is 2. The number of rotatable bonds is 8. The Bertz CT molecular complexity index is 551. The first-order valence-electron chi connectivity index (χ1n) is 8.75. The van der Waals surface area contributed by atoms with E-state index in [9.17, 15) is 19.2 Å². The van der Waals surface area contributed by atoms with Crippen LogP contribution in [0.25, 0.3) is 0 Å². The van der Waals surface area contributed by atoms with Crippen LogP contribution in [0, 0.1) is 0 Å². The molecular weight excluding hydrogens is 467 g/mol. The minimum Gasteiger partial charge on any atom is -0.460 e. The molecule has 2 amide bonds. The Hall–Kier alpha value is -1.39. The number of esters is 2. The molecule has 0 aliphatic carbocycles. The number of carbonyl (C=O) groups excluding carboxylic acids is 4. The Labute approximate surface area is 174 Å². The summed E-state index contributed by atoms with van der Waals surface area (Å²) in [6, 6.07) is -1.85. The van der Waals surface area contributed by atoms with Gasteiger partial charge in [-0.3, -0.25) is 14.4 Å². The SMILES string of the molecule is C[C@@H](NC(=O)CI)C(=O)N[C@H](CCC(=O)OC(C)(C)C)C(=O)OC(C)(C)C. The van der Waals surface area contributed by atoms with Crippen LogP contribution < -0.4 is 10.6 Å². The first kappa shape index (κ1) is 25.6. The van der Waals surface area contributed by atoms with E-state index in [1.807, 2.05) is 22.6 Å². The van der Waals surface area contributed by atoms with Gasteiger partial charge in [0.2, 0.25) is 11.8 Å². The molecule has 0 fully saturated rings. The van der Waals surface area contributed by atoms with E-state index in [-0.39, 0.29) is 23.2 Å². The molecule has 0 rings (SSSR count). The van der Waals surface area contributed by atoms with Gasteiger partial charge in [-0.05, 0) is 54.9 Å². The predicted octanol–water partition coefficient (Wildman–Crippen LogP) is 1.87. The summed E-state index contributed by atoms with van der Waals surface area (Å²) >= 11 is 1.88. The van der Waals surface area contributed by atoms with Crippen molar-refractivity contribution < 1.29 is 28.7 Å². The zero-order chi connectivity index (χ0) is 21.4. The second-order valence-corrected chi connectivity index (χ2v) is 8.91. The average Bonchev–Trinajstić information content (AvgIpc) is 2.47. The molecule has 0 spiro atoms. The van der Waals surface area contributed by atoms with Crippen molar-refractivity contribution in [1.82, 2.24) is 10.6 Å². The molecule has 2 N–H and O–H groups in total. The Morgan fingerprint density at radius 1 is 0.926 bits per heavy atom. The van der Waals surface area contributed by atoms with Gasteiger partial charge in [-0.2, -0.15) is 0 Å². The van der Waals surface area contributed by atoms with Crippen molar-refractivity contribution in [2.45, 2.75) is 84.6 Å². The Balaban J connectivity index is 5.03. The summed E-state index contributed by atoms with van der Waals surface area (Å²) in [7, 11) is 0. The minimum absolute atomic E-state index is 0.0303. The van der Waals surface area contributed by atoms with Crippen molar-refractivity contribution in [2.24, 2.45) is 0 Å². The minimum atomic E-state index is -1.02. The molecule has 0 unspecified atom stereocenters. The Kier molecular flexibility index (Phi) is 10.3. The molecule has 0 aliphatic heterocycles. The van der Waals surface area contributed by atoms with Gasteiger partial charge in [0.25, 0.3) is 0 Å². The summed E-state index contributed by atoms with van der Waals surface area (Å²) in [6.07, 6.45) is -0.0293. The molecule has 0 bridgehead atoms. The summed E-state index contributed by atoms with van der Waals surface area (Å²) in [5.41, 5.74) is -1.38. The molecule has 8 nitrogen and oxygen atoms in total. The maximum atomic E-state index is 12.4. The lowest BCUT2D eigenvalue weighted by molar-refractivity contribution is -0.160. The molecule has 2 atom stereocenters. The van der Waals surface area contributed by atoms with Gasteiger partial charge in [0, 0.05) is 6.42 Å². The highest BCUT2D eigenvalue weighted by atomic mass is 127. The summed E-state index contributed by atoms with van der Waals surface area (Å²) < 4.78 is 10.8. The highest BCUT2D eigenvalue weighted by Gasteiger charge is 2.29. The maximum absolute atomic E-state index is 12.4. The number of ether oxygens (including phenoxy) is 2. The van der Waals surface area contributed by atoms with E-state index in [0.29, 0.717) is 0 Å². The van der Waals surface area contributed by atoms with E-state index in [1.54, 1.807) is 41.5 Å². The predicted molar refractivity (Wildman–Crippen MR) is 109 cm³/mol. The largest absolute Gasteiger partial charge is 0.460 e. The topological polar surface area (TPSA) is 111 Å². The van der Waals surface area contributed by atoms with Crippen LogP contribution in [0.3, 0.4) is 0 Å². The molecule has 0 heterocycles. The third-order valence-electron chi connectivity index (χ3n) is 2.96. The maximum Gasteiger partial charge on any atom is 0.329 e. The second-order valence-electron chi connectivity index (χ2n) is 8.14. The monoisotopic (exact) mass is 498 g/mol. The fraction of sp³-hybridized carbons (Fsp3) is 0.778. The molecular formula is C18H31IN2O6. The smallest absolute Gasteiger partial charge is 0.329 e. The van der Waals surface area contributed by atoms with Crippen LogP contribution in [0.5, 0.6) is 0 Å². The number of carbonyl (C=O) groups is 4. The molecule has 9 heteroatoms. The Morgan fingerprint density at radius 3 is 1.89 bits per heavy atom. The number of nitrogens with one attached hydrogen (secondary N) is 2. The number of hydrogen-bond acceptors (Lipinski definition) is 6. The highest BCUT2D eigenvalue weighted by molar-refractivity contribution is 14.1. The standard InChI is InChI=1S/C18H31IN2O6/c1-11(20-13(22)10-19)15(24)21-12(16(25)27-18(5,6)7)8-9-14(23)26-17(2,3)4/h11-12H,8-10H2,1-7H3,(H,20,22)(H,21,24)/t11-,12-/m1/s1. The van der Waals surface area contributed by atoms with Gasteiger partial charge in [-0.1, -0.05) is 22.6 Å². The van der Waals surface area contributed by atoms with Gasteiger partial charge >= 0.3 is 11.9 Å². The first-order valence-corrected chi connectivity index (χ1v) is 10.3. The van der Waals surface area contributed by atoms with Crippen molar-refractivity contribution >= 4 is 46.3 Å². The molecule has 0 saturated heterocycles. The fourth-order valence-electron chi connectivity index (χ4n) is 1.92. The van der Waals surface area contributed by atoms with E-state index < -0.39 is 41.1 Å². The van der Waals surface area contributed by atoms with Gasteiger partial charge in [-0.15, -0.1) is 0 Å². The van der Waals surface area contributed by atoms with Crippen LogP contribution in [0.15, 0.2) is 0 Å². The van der Waals surface area contributed by atoms with Crippen molar-refractivity contribution in [3.05, 3.63) is 0 Å². The molecule has 0 aliphatic rings. The van der Waals surface area contributed by atoms with Crippen LogP contribution in [-0.2, 0) is 28.7 Å². The van der Waals surface area contributed by atoms with Gasteiger partial charge in [0.15, 0.2) is 0 Å². The van der Waals surface area contributed by atoms with E-state index in [2.05, 4.69) is 10.6 Å². The fourth-order valence-corrected chi connectivity index (χ4v) is 2.14. The molecule has 0 radical (unpaired) electrons. The highest BCUT2D eigenvalue weighted by Crippen LogP contribution is 2.13. The van der Waals surface area contributed by atoms with Crippen LogP contribution in [-0.4, -0.2) is 51.5 Å². The van der Waals surface area contributed by atoms with Crippen molar-refractivity contribution in [1.29, 1.82) is 0 Å². The van der Waals surface area contributed by atoms with Crippen LogP contribution in [0.1, 0.15) is 61.3 Å². The molecule has 27 heavy (non-hydrogen) atoms. The van der Waals surface area contributed by atoms with Crippen molar-refractivity contribution in [3.8, 4) is 0 Å². The normalized spacial score (nSPS) is 13.9. The van der Waals surface area contributed by atoms with Gasteiger partial charge < -0.3 is 20.1 Å². The van der Waals surface area contributed by atoms with Gasteiger partial charge in [0.1, 0.15) is 23.3 Å². The molecule has 0 aromatic rings. The van der Waals surface area contributed by atoms with Crippen LogP contribution in [0.4, 0.5) is 0 Å². The zero-order valence-electron chi connectivity index (χ0n) is 17.1. The Morgan fingerprint density at radius 2 is 1.44 bits per heavy atom. The summed E-state index contributed by atoms with van der Waals surface area (Å²) in [5, 5.41) is 5.06. The van der Waals surface area contributed by atoms with Crippen LogP contribution >= 0.6 is 22.6 Å². The van der Waals surface area contributed by atoms with Gasteiger partial charge in [-0.25, -0.2) is 4.79 Å². The number of amides is 2. The van der Waals surface area contributed by atoms with E-state index >= 15 is 0 Å². The van der Waals surface area contributed by atoms with Crippen molar-refractivity contribution in [2.75, 3.05) is 4.43 Å². The average molecular weight is 498 g/mol.